The Morgan fingerprint density at radius 2 is 1.85 bits per heavy atom. The Labute approximate surface area is 194 Å². The predicted octanol–water partition coefficient (Wildman–Crippen LogP) is 5.20. The van der Waals surface area contributed by atoms with Gasteiger partial charge in [0.2, 0.25) is 0 Å². The molecule has 0 aliphatic rings. The van der Waals surface area contributed by atoms with Crippen LogP contribution in [0.2, 0.25) is 0 Å². The first-order chi connectivity index (χ1) is 15.6. The number of hydrogen-bond donors (Lipinski definition) is 2. The Bertz CT molecular complexity index is 1280. The van der Waals surface area contributed by atoms with Crippen molar-refractivity contribution in [2.75, 3.05) is 10.6 Å². The standard InChI is InChI=1S/C26H26N6O/c1-16(2)31-24-19(13-27)10-20(14-30-24)22-12-21(7-6-17(22)3)32-25(33)18-8-9-29-23(11-18)26(4,5)15-28/h6-12,14,16H,1-5H3,(H,30,31)(H,32,33). The van der Waals surface area contributed by atoms with E-state index in [9.17, 15) is 15.3 Å². The molecule has 0 spiro atoms. The normalized spacial score (nSPS) is 10.9. The van der Waals surface area contributed by atoms with Crippen LogP contribution in [-0.4, -0.2) is 21.9 Å². The number of aryl methyl sites for hydroxylation is 1. The number of benzene rings is 1. The molecule has 2 heterocycles. The summed E-state index contributed by atoms with van der Waals surface area (Å²) in [6.45, 7) is 9.45. The van der Waals surface area contributed by atoms with Gasteiger partial charge in [-0.25, -0.2) is 4.98 Å². The van der Waals surface area contributed by atoms with E-state index < -0.39 is 5.41 Å². The summed E-state index contributed by atoms with van der Waals surface area (Å²) in [5.74, 6) is 0.252. The van der Waals surface area contributed by atoms with Gasteiger partial charge in [-0.15, -0.1) is 0 Å². The average molecular weight is 439 g/mol. The third-order valence-corrected chi connectivity index (χ3v) is 5.18. The molecule has 0 aliphatic carbocycles. The topological polar surface area (TPSA) is 114 Å². The fourth-order valence-corrected chi connectivity index (χ4v) is 3.27. The van der Waals surface area contributed by atoms with Gasteiger partial charge in [-0.2, -0.15) is 10.5 Å². The van der Waals surface area contributed by atoms with E-state index in [4.69, 9.17) is 0 Å². The molecule has 0 radical (unpaired) electrons. The molecule has 0 bridgehead atoms. The van der Waals surface area contributed by atoms with E-state index in [1.54, 1.807) is 38.2 Å². The molecule has 0 aliphatic heterocycles. The summed E-state index contributed by atoms with van der Waals surface area (Å²) in [6.07, 6.45) is 3.25. The van der Waals surface area contributed by atoms with E-state index in [-0.39, 0.29) is 11.9 Å². The monoisotopic (exact) mass is 438 g/mol. The number of nitriles is 2. The zero-order valence-corrected chi connectivity index (χ0v) is 19.4. The highest BCUT2D eigenvalue weighted by Crippen LogP contribution is 2.29. The van der Waals surface area contributed by atoms with Crippen molar-refractivity contribution in [2.45, 2.75) is 46.1 Å². The molecule has 33 heavy (non-hydrogen) atoms. The molecular formula is C26H26N6O. The van der Waals surface area contributed by atoms with E-state index in [1.807, 2.05) is 39.0 Å². The number of carbonyl (C=O) groups is 1. The van der Waals surface area contributed by atoms with Gasteiger partial charge in [0.05, 0.1) is 22.7 Å². The highest BCUT2D eigenvalue weighted by molar-refractivity contribution is 6.04. The van der Waals surface area contributed by atoms with Crippen LogP contribution in [0.25, 0.3) is 11.1 Å². The summed E-state index contributed by atoms with van der Waals surface area (Å²) in [5, 5.41) is 25.0. The first-order valence-electron chi connectivity index (χ1n) is 10.6. The van der Waals surface area contributed by atoms with Gasteiger partial charge in [-0.1, -0.05) is 6.07 Å². The number of nitrogens with zero attached hydrogens (tertiary/aromatic N) is 4. The molecule has 3 aromatic rings. The quantitative estimate of drug-likeness (QED) is 0.547. The van der Waals surface area contributed by atoms with Crippen LogP contribution in [-0.2, 0) is 5.41 Å². The molecule has 0 atom stereocenters. The predicted molar refractivity (Wildman–Crippen MR) is 129 cm³/mol. The third-order valence-electron chi connectivity index (χ3n) is 5.18. The molecule has 7 nitrogen and oxygen atoms in total. The maximum absolute atomic E-state index is 12.9. The third kappa shape index (κ3) is 5.34. The van der Waals surface area contributed by atoms with Crippen molar-refractivity contribution in [1.29, 1.82) is 10.5 Å². The maximum Gasteiger partial charge on any atom is 0.255 e. The highest BCUT2D eigenvalue weighted by Gasteiger charge is 2.22. The van der Waals surface area contributed by atoms with Gasteiger partial charge in [0.15, 0.2) is 0 Å². The first-order valence-corrected chi connectivity index (χ1v) is 10.6. The van der Waals surface area contributed by atoms with E-state index in [2.05, 4.69) is 32.7 Å². The van der Waals surface area contributed by atoms with Crippen molar-refractivity contribution in [2.24, 2.45) is 0 Å². The molecule has 0 saturated heterocycles. The van der Waals surface area contributed by atoms with E-state index >= 15 is 0 Å². The maximum atomic E-state index is 12.9. The van der Waals surface area contributed by atoms with Gasteiger partial charge < -0.3 is 10.6 Å². The largest absolute Gasteiger partial charge is 0.367 e. The fourth-order valence-electron chi connectivity index (χ4n) is 3.27. The number of anilines is 2. The van der Waals surface area contributed by atoms with Crippen LogP contribution in [0, 0.1) is 29.6 Å². The minimum atomic E-state index is -0.796. The lowest BCUT2D eigenvalue weighted by atomic mass is 9.90. The zero-order chi connectivity index (χ0) is 24.2. The van der Waals surface area contributed by atoms with Crippen molar-refractivity contribution >= 4 is 17.4 Å². The van der Waals surface area contributed by atoms with Crippen molar-refractivity contribution < 1.29 is 4.79 Å². The lowest BCUT2D eigenvalue weighted by Gasteiger charge is -2.16. The van der Waals surface area contributed by atoms with Crippen LogP contribution in [0.15, 0.2) is 48.8 Å². The van der Waals surface area contributed by atoms with Crippen molar-refractivity contribution in [1.82, 2.24) is 9.97 Å². The molecule has 0 fully saturated rings. The number of rotatable bonds is 6. The SMILES string of the molecule is Cc1ccc(NC(=O)c2ccnc(C(C)(C)C#N)c2)cc1-c1cnc(NC(C)C)c(C#N)c1. The number of nitrogens with one attached hydrogen (secondary N) is 2. The lowest BCUT2D eigenvalue weighted by molar-refractivity contribution is 0.102. The van der Waals surface area contributed by atoms with Crippen LogP contribution < -0.4 is 10.6 Å². The Balaban J connectivity index is 1.90. The minimum absolute atomic E-state index is 0.156. The van der Waals surface area contributed by atoms with Gasteiger partial charge in [0.25, 0.3) is 5.91 Å². The van der Waals surface area contributed by atoms with Crippen molar-refractivity contribution in [3.63, 3.8) is 0 Å². The highest BCUT2D eigenvalue weighted by atomic mass is 16.1. The molecule has 0 unspecified atom stereocenters. The summed E-state index contributed by atoms with van der Waals surface area (Å²) in [7, 11) is 0. The summed E-state index contributed by atoms with van der Waals surface area (Å²) in [4.78, 5) is 21.5. The Kier molecular flexibility index (Phi) is 6.75. The number of amides is 1. The molecule has 2 aromatic heterocycles. The van der Waals surface area contributed by atoms with E-state index in [1.165, 1.54) is 6.20 Å². The molecule has 1 aromatic carbocycles. The van der Waals surface area contributed by atoms with Crippen LogP contribution in [0.4, 0.5) is 11.5 Å². The van der Waals surface area contributed by atoms with Gasteiger partial charge >= 0.3 is 0 Å². The van der Waals surface area contributed by atoms with Crippen molar-refractivity contribution in [3.8, 4) is 23.3 Å². The molecule has 3 rings (SSSR count). The van der Waals surface area contributed by atoms with Crippen LogP contribution >= 0.6 is 0 Å². The van der Waals surface area contributed by atoms with Gasteiger partial charge in [-0.05, 0) is 76.1 Å². The number of hydrogen-bond acceptors (Lipinski definition) is 6. The summed E-state index contributed by atoms with van der Waals surface area (Å²) in [6, 6.07) is 15.2. The summed E-state index contributed by atoms with van der Waals surface area (Å²) < 4.78 is 0. The minimum Gasteiger partial charge on any atom is -0.367 e. The van der Waals surface area contributed by atoms with E-state index in [0.717, 1.165) is 16.7 Å². The second-order valence-corrected chi connectivity index (χ2v) is 8.68. The number of pyridine rings is 2. The molecule has 7 heteroatoms. The summed E-state index contributed by atoms with van der Waals surface area (Å²) >= 11 is 0. The average Bonchev–Trinajstić information content (AvgIpc) is 2.80. The Hall–Kier alpha value is -4.23. The summed E-state index contributed by atoms with van der Waals surface area (Å²) in [5.41, 5.74) is 3.88. The second-order valence-electron chi connectivity index (χ2n) is 8.68. The molecule has 0 saturated carbocycles. The Morgan fingerprint density at radius 1 is 1.09 bits per heavy atom. The van der Waals surface area contributed by atoms with Crippen molar-refractivity contribution in [3.05, 3.63) is 71.2 Å². The lowest BCUT2D eigenvalue weighted by Crippen LogP contribution is -2.18. The molecule has 2 N–H and O–H groups in total. The first kappa shape index (κ1) is 23.4. The van der Waals surface area contributed by atoms with Crippen LogP contribution in [0.1, 0.15) is 54.9 Å². The molecule has 1 amide bonds. The Morgan fingerprint density at radius 3 is 2.52 bits per heavy atom. The second kappa shape index (κ2) is 9.50. The molecule has 166 valence electrons. The smallest absolute Gasteiger partial charge is 0.255 e. The van der Waals surface area contributed by atoms with Crippen LogP contribution in [0.5, 0.6) is 0 Å². The number of aromatic nitrogens is 2. The van der Waals surface area contributed by atoms with E-state index in [0.29, 0.717) is 28.3 Å². The van der Waals surface area contributed by atoms with Gasteiger partial charge in [0.1, 0.15) is 11.9 Å². The van der Waals surface area contributed by atoms with Gasteiger partial charge in [0, 0.05) is 35.2 Å². The van der Waals surface area contributed by atoms with Crippen LogP contribution in [0.3, 0.4) is 0 Å². The fraction of sp³-hybridized carbons (Fsp3) is 0.269. The zero-order valence-electron chi connectivity index (χ0n) is 19.4. The molecular weight excluding hydrogens is 412 g/mol. The van der Waals surface area contributed by atoms with Gasteiger partial charge in [-0.3, -0.25) is 9.78 Å². The number of carbonyl (C=O) groups excluding carboxylic acids is 1.